The summed E-state index contributed by atoms with van der Waals surface area (Å²) >= 11 is 0. The third kappa shape index (κ3) is 4.85. The Hall–Kier alpha value is -2.66. The summed E-state index contributed by atoms with van der Waals surface area (Å²) in [5.74, 6) is -1.21. The maximum atomic E-state index is 10.6. The highest BCUT2D eigenvalue weighted by Crippen LogP contribution is 2.37. The number of fused-ring (bicyclic) bond motifs is 2. The van der Waals surface area contributed by atoms with E-state index < -0.39 is 12.1 Å². The maximum absolute atomic E-state index is 10.6. The molecule has 0 bridgehead atoms. The average Bonchev–Trinajstić information content (AvgIpc) is 3.33. The average molecular weight is 414 g/mol. The highest BCUT2D eigenvalue weighted by Gasteiger charge is 2.42. The smallest absolute Gasteiger partial charge is 0.475 e. The Labute approximate surface area is 164 Å². The number of carboxylic acids is 1. The molecule has 0 amide bonds. The van der Waals surface area contributed by atoms with Gasteiger partial charge < -0.3 is 24.9 Å². The standard InChI is InChI=1S/C16H20N4O2.C2HF3O2/c1-11-13-8-21-10-16(4-5-17-9-16)14(13)20-15(19-11)18-7-12-3-2-6-22-12;3-2(4,5)1(6)7/h2-3,6,17H,4-5,7-10H2,1H3,(H,18,19,20);(H,6,7). The molecule has 2 aromatic rings. The van der Waals surface area contributed by atoms with Gasteiger partial charge in [0.1, 0.15) is 5.76 Å². The van der Waals surface area contributed by atoms with Crippen molar-refractivity contribution in [1.29, 1.82) is 0 Å². The molecule has 1 spiro atoms. The number of hydrogen-bond acceptors (Lipinski definition) is 7. The van der Waals surface area contributed by atoms with Crippen LogP contribution in [0.2, 0.25) is 0 Å². The van der Waals surface area contributed by atoms with Gasteiger partial charge in [0.2, 0.25) is 5.95 Å². The SMILES string of the molecule is Cc1nc(NCc2ccco2)nc2c1COCC21CCNC1.O=C(O)C(F)(F)F. The molecule has 0 saturated carbocycles. The summed E-state index contributed by atoms with van der Waals surface area (Å²) in [7, 11) is 0. The lowest BCUT2D eigenvalue weighted by molar-refractivity contribution is -0.192. The van der Waals surface area contributed by atoms with Gasteiger partial charge in [0.25, 0.3) is 0 Å². The van der Waals surface area contributed by atoms with E-state index in [0.29, 0.717) is 19.1 Å². The number of furan rings is 1. The summed E-state index contributed by atoms with van der Waals surface area (Å²) in [4.78, 5) is 18.3. The third-order valence-corrected chi connectivity index (χ3v) is 4.83. The first-order chi connectivity index (χ1) is 13.7. The number of aliphatic carboxylic acids is 1. The van der Waals surface area contributed by atoms with Crippen molar-refractivity contribution in [2.45, 2.75) is 38.1 Å². The van der Waals surface area contributed by atoms with Crippen LogP contribution in [0.1, 0.15) is 29.1 Å². The number of nitrogens with one attached hydrogen (secondary N) is 2. The van der Waals surface area contributed by atoms with Crippen molar-refractivity contribution in [2.24, 2.45) is 0 Å². The van der Waals surface area contributed by atoms with E-state index in [1.807, 2.05) is 19.1 Å². The second-order valence-electron chi connectivity index (χ2n) is 6.90. The van der Waals surface area contributed by atoms with E-state index in [1.165, 1.54) is 0 Å². The lowest BCUT2D eigenvalue weighted by atomic mass is 9.80. The summed E-state index contributed by atoms with van der Waals surface area (Å²) in [5, 5.41) is 13.8. The molecule has 3 N–H and O–H groups in total. The Kier molecular flexibility index (Phi) is 6.08. The Bertz CT molecular complexity index is 850. The van der Waals surface area contributed by atoms with Crippen LogP contribution in [0.5, 0.6) is 0 Å². The molecule has 4 heterocycles. The van der Waals surface area contributed by atoms with Crippen LogP contribution in [0.4, 0.5) is 19.1 Å². The van der Waals surface area contributed by atoms with Crippen molar-refractivity contribution in [3.05, 3.63) is 41.1 Å². The highest BCUT2D eigenvalue weighted by molar-refractivity contribution is 5.73. The number of anilines is 1. The summed E-state index contributed by atoms with van der Waals surface area (Å²) in [6.07, 6.45) is -2.35. The number of alkyl halides is 3. The van der Waals surface area contributed by atoms with Gasteiger partial charge in [-0.3, -0.25) is 0 Å². The zero-order valence-corrected chi connectivity index (χ0v) is 15.7. The van der Waals surface area contributed by atoms with E-state index >= 15 is 0 Å². The number of carbonyl (C=O) groups is 1. The topological polar surface area (TPSA) is 110 Å². The lowest BCUT2D eigenvalue weighted by Gasteiger charge is -2.34. The molecule has 2 aliphatic heterocycles. The molecule has 4 rings (SSSR count). The second kappa shape index (κ2) is 8.37. The predicted octanol–water partition coefficient (Wildman–Crippen LogP) is 2.38. The first-order valence-electron chi connectivity index (χ1n) is 8.94. The van der Waals surface area contributed by atoms with Crippen molar-refractivity contribution in [2.75, 3.05) is 25.0 Å². The zero-order valence-electron chi connectivity index (χ0n) is 15.7. The number of halogens is 3. The molecule has 1 saturated heterocycles. The quantitative estimate of drug-likeness (QED) is 0.703. The van der Waals surface area contributed by atoms with Gasteiger partial charge in [-0.05, 0) is 32.0 Å². The molecular weight excluding hydrogens is 393 g/mol. The minimum Gasteiger partial charge on any atom is -0.475 e. The maximum Gasteiger partial charge on any atom is 0.490 e. The Morgan fingerprint density at radius 1 is 1.41 bits per heavy atom. The van der Waals surface area contributed by atoms with Gasteiger partial charge in [-0.25, -0.2) is 14.8 Å². The minimum absolute atomic E-state index is 0.00238. The molecule has 8 nitrogen and oxygen atoms in total. The van der Waals surface area contributed by atoms with Crippen molar-refractivity contribution in [1.82, 2.24) is 15.3 Å². The number of rotatable bonds is 3. The van der Waals surface area contributed by atoms with Crippen LogP contribution in [0.25, 0.3) is 0 Å². The second-order valence-corrected chi connectivity index (χ2v) is 6.90. The van der Waals surface area contributed by atoms with Gasteiger partial charge in [-0.1, -0.05) is 0 Å². The first kappa shape index (κ1) is 21.1. The molecule has 0 radical (unpaired) electrons. The van der Waals surface area contributed by atoms with Crippen LogP contribution in [0.3, 0.4) is 0 Å². The van der Waals surface area contributed by atoms with E-state index in [1.54, 1.807) is 6.26 Å². The van der Waals surface area contributed by atoms with Crippen molar-refractivity contribution in [3.8, 4) is 0 Å². The van der Waals surface area contributed by atoms with Crippen LogP contribution in [-0.4, -0.2) is 46.9 Å². The van der Waals surface area contributed by atoms with E-state index in [4.69, 9.17) is 24.0 Å². The van der Waals surface area contributed by atoms with Crippen LogP contribution in [-0.2, 0) is 28.1 Å². The number of nitrogens with zero attached hydrogens (tertiary/aromatic N) is 2. The van der Waals surface area contributed by atoms with Crippen molar-refractivity contribution < 1.29 is 32.2 Å². The summed E-state index contributed by atoms with van der Waals surface area (Å²) in [6, 6.07) is 3.82. The first-order valence-corrected chi connectivity index (χ1v) is 8.94. The molecule has 1 atom stereocenters. The monoisotopic (exact) mass is 414 g/mol. The summed E-state index contributed by atoms with van der Waals surface area (Å²) < 4.78 is 42.9. The van der Waals surface area contributed by atoms with Crippen LogP contribution < -0.4 is 10.6 Å². The van der Waals surface area contributed by atoms with Gasteiger partial charge in [-0.15, -0.1) is 0 Å². The molecule has 0 aliphatic carbocycles. The van der Waals surface area contributed by atoms with Gasteiger partial charge in [0.15, 0.2) is 0 Å². The largest absolute Gasteiger partial charge is 0.490 e. The fraction of sp³-hybridized carbons (Fsp3) is 0.500. The lowest BCUT2D eigenvalue weighted by Crippen LogP contribution is -2.40. The van der Waals surface area contributed by atoms with E-state index in [2.05, 4.69) is 15.6 Å². The number of aromatic nitrogens is 2. The number of aryl methyl sites for hydroxylation is 1. The molecule has 158 valence electrons. The number of carboxylic acid groups (broad SMARTS) is 1. The fourth-order valence-corrected chi connectivity index (χ4v) is 3.35. The van der Waals surface area contributed by atoms with E-state index in [-0.39, 0.29) is 5.41 Å². The third-order valence-electron chi connectivity index (χ3n) is 4.83. The van der Waals surface area contributed by atoms with Crippen LogP contribution in [0.15, 0.2) is 22.8 Å². The van der Waals surface area contributed by atoms with E-state index in [0.717, 1.165) is 48.8 Å². The molecule has 0 aromatic carbocycles. The van der Waals surface area contributed by atoms with Crippen molar-refractivity contribution >= 4 is 11.9 Å². The molecule has 1 unspecified atom stereocenters. The minimum atomic E-state index is -5.08. The Balaban J connectivity index is 0.000000298. The van der Waals surface area contributed by atoms with Gasteiger partial charge in [0.05, 0.1) is 37.1 Å². The van der Waals surface area contributed by atoms with E-state index in [9.17, 15) is 13.2 Å². The number of ether oxygens (including phenoxy) is 1. The predicted molar refractivity (Wildman–Crippen MR) is 95.3 cm³/mol. The van der Waals surface area contributed by atoms with Gasteiger partial charge in [0, 0.05) is 17.8 Å². The molecule has 2 aromatic heterocycles. The molecule has 2 aliphatic rings. The van der Waals surface area contributed by atoms with Crippen LogP contribution >= 0.6 is 0 Å². The molecule has 1 fully saturated rings. The van der Waals surface area contributed by atoms with Gasteiger partial charge >= 0.3 is 12.1 Å². The molecular formula is C18H21F3N4O4. The zero-order chi connectivity index (χ0) is 21.1. The normalized spacial score (nSPS) is 20.7. The highest BCUT2D eigenvalue weighted by atomic mass is 19.4. The van der Waals surface area contributed by atoms with Crippen molar-refractivity contribution in [3.63, 3.8) is 0 Å². The Morgan fingerprint density at radius 2 is 2.17 bits per heavy atom. The Morgan fingerprint density at radius 3 is 2.76 bits per heavy atom. The number of hydrogen-bond donors (Lipinski definition) is 3. The summed E-state index contributed by atoms with van der Waals surface area (Å²) in [6.45, 7) is 5.91. The summed E-state index contributed by atoms with van der Waals surface area (Å²) in [5.41, 5.74) is 3.30. The molecule has 11 heteroatoms. The molecule has 29 heavy (non-hydrogen) atoms. The van der Waals surface area contributed by atoms with Crippen LogP contribution in [0, 0.1) is 6.92 Å². The fourth-order valence-electron chi connectivity index (χ4n) is 3.35. The van der Waals surface area contributed by atoms with Gasteiger partial charge in [-0.2, -0.15) is 13.2 Å².